The topological polar surface area (TPSA) is 76.9 Å². The van der Waals surface area contributed by atoms with E-state index in [-0.39, 0.29) is 11.5 Å². The van der Waals surface area contributed by atoms with Crippen molar-refractivity contribution in [3.05, 3.63) is 101 Å². The number of nitrogens with one attached hydrogen (secondary N) is 1. The Morgan fingerprint density at radius 3 is 2.59 bits per heavy atom. The molecule has 0 saturated carbocycles. The largest absolute Gasteiger partial charge is 0.348 e. The maximum Gasteiger partial charge on any atom is 0.265 e. The van der Waals surface area contributed by atoms with Gasteiger partial charge in [0.15, 0.2) is 0 Å². The molecule has 27 heavy (non-hydrogen) atoms. The molecule has 132 valence electrons. The fourth-order valence-electron chi connectivity index (χ4n) is 2.81. The molecule has 0 radical (unpaired) electrons. The summed E-state index contributed by atoms with van der Waals surface area (Å²) >= 11 is 0. The predicted molar refractivity (Wildman–Crippen MR) is 103 cm³/mol. The number of nitrogens with zero attached hydrogens (tertiary/aromatic N) is 3. The van der Waals surface area contributed by atoms with Crippen LogP contribution < -0.4 is 10.9 Å². The van der Waals surface area contributed by atoms with Gasteiger partial charge in [0.1, 0.15) is 6.33 Å². The highest BCUT2D eigenvalue weighted by molar-refractivity contribution is 5.94. The maximum absolute atomic E-state index is 12.6. The smallest absolute Gasteiger partial charge is 0.265 e. The van der Waals surface area contributed by atoms with E-state index in [2.05, 4.69) is 15.3 Å². The molecular weight excluding hydrogens is 340 g/mol. The van der Waals surface area contributed by atoms with Gasteiger partial charge in [0.05, 0.1) is 16.6 Å². The number of rotatable bonds is 4. The van der Waals surface area contributed by atoms with Gasteiger partial charge in [-0.15, -0.1) is 0 Å². The second-order valence-corrected chi connectivity index (χ2v) is 6.03. The number of hydrogen-bond acceptors (Lipinski definition) is 4. The van der Waals surface area contributed by atoms with Crippen LogP contribution in [-0.4, -0.2) is 20.4 Å². The first-order valence-electron chi connectivity index (χ1n) is 8.46. The van der Waals surface area contributed by atoms with Gasteiger partial charge < -0.3 is 5.32 Å². The minimum absolute atomic E-state index is 0.144. The van der Waals surface area contributed by atoms with Crippen LogP contribution in [0.25, 0.3) is 16.6 Å². The molecule has 2 aromatic carbocycles. The fraction of sp³-hybridized carbons (Fsp3) is 0.0476. The van der Waals surface area contributed by atoms with Gasteiger partial charge in [-0.1, -0.05) is 18.2 Å². The van der Waals surface area contributed by atoms with Crippen molar-refractivity contribution in [2.45, 2.75) is 6.54 Å². The molecule has 1 N–H and O–H groups in total. The molecule has 0 aliphatic carbocycles. The van der Waals surface area contributed by atoms with E-state index in [4.69, 9.17) is 0 Å². The van der Waals surface area contributed by atoms with Gasteiger partial charge in [-0.05, 0) is 48.0 Å². The van der Waals surface area contributed by atoms with Crippen LogP contribution in [0.4, 0.5) is 0 Å². The molecule has 1 amide bonds. The number of aromatic nitrogens is 3. The molecule has 2 heterocycles. The third kappa shape index (κ3) is 3.46. The third-order valence-corrected chi connectivity index (χ3v) is 4.25. The molecule has 0 saturated heterocycles. The summed E-state index contributed by atoms with van der Waals surface area (Å²) in [5.74, 6) is -0.186. The quantitative estimate of drug-likeness (QED) is 0.610. The molecule has 2 aromatic heterocycles. The Morgan fingerprint density at radius 2 is 1.81 bits per heavy atom. The van der Waals surface area contributed by atoms with Crippen LogP contribution in [0, 0.1) is 0 Å². The van der Waals surface area contributed by atoms with Crippen molar-refractivity contribution in [3.63, 3.8) is 0 Å². The van der Waals surface area contributed by atoms with Crippen LogP contribution in [0.2, 0.25) is 0 Å². The van der Waals surface area contributed by atoms with Crippen LogP contribution in [-0.2, 0) is 6.54 Å². The summed E-state index contributed by atoms with van der Waals surface area (Å²) in [5.41, 5.74) is 2.61. The highest BCUT2D eigenvalue weighted by Crippen LogP contribution is 2.11. The van der Waals surface area contributed by atoms with Gasteiger partial charge in [-0.2, -0.15) is 0 Å². The lowest BCUT2D eigenvalue weighted by atomic mass is 10.2. The molecule has 0 aliphatic rings. The summed E-state index contributed by atoms with van der Waals surface area (Å²) in [6, 6.07) is 17.8. The third-order valence-electron chi connectivity index (χ3n) is 4.25. The number of benzene rings is 2. The predicted octanol–water partition coefficient (Wildman–Crippen LogP) is 2.71. The van der Waals surface area contributed by atoms with E-state index in [0.717, 1.165) is 5.56 Å². The molecule has 0 atom stereocenters. The van der Waals surface area contributed by atoms with E-state index >= 15 is 0 Å². The lowest BCUT2D eigenvalue weighted by molar-refractivity contribution is 0.0951. The zero-order chi connectivity index (χ0) is 18.6. The minimum atomic E-state index is -0.186. The second kappa shape index (κ2) is 7.21. The molecule has 4 rings (SSSR count). The van der Waals surface area contributed by atoms with Gasteiger partial charge in [0, 0.05) is 24.5 Å². The second-order valence-electron chi connectivity index (χ2n) is 6.03. The molecule has 0 aliphatic heterocycles. The number of carbonyl (C=O) groups is 1. The highest BCUT2D eigenvalue weighted by Gasteiger charge is 2.08. The number of hydrogen-bond donors (Lipinski definition) is 1. The molecule has 0 spiro atoms. The Kier molecular flexibility index (Phi) is 4.45. The molecule has 6 heteroatoms. The summed E-state index contributed by atoms with van der Waals surface area (Å²) in [6.07, 6.45) is 4.90. The van der Waals surface area contributed by atoms with Gasteiger partial charge in [-0.3, -0.25) is 19.1 Å². The molecule has 0 unspecified atom stereocenters. The average molecular weight is 356 g/mol. The SMILES string of the molecule is O=C(NCc1cccnc1)c1ccc(-n2cnc3ccccc3c2=O)cc1. The summed E-state index contributed by atoms with van der Waals surface area (Å²) in [6.45, 7) is 0.405. The molecule has 0 fully saturated rings. The maximum atomic E-state index is 12.6. The first kappa shape index (κ1) is 16.7. The van der Waals surface area contributed by atoms with Gasteiger partial charge in [-0.25, -0.2) is 4.98 Å². The van der Waals surface area contributed by atoms with E-state index in [9.17, 15) is 9.59 Å². The van der Waals surface area contributed by atoms with E-state index in [1.165, 1.54) is 10.9 Å². The molecule has 4 aromatic rings. The molecule has 6 nitrogen and oxygen atoms in total. The summed E-state index contributed by atoms with van der Waals surface area (Å²) in [7, 11) is 0. The van der Waals surface area contributed by atoms with Crippen molar-refractivity contribution in [1.29, 1.82) is 0 Å². The number of pyridine rings is 1. The van der Waals surface area contributed by atoms with Crippen LogP contribution in [0.1, 0.15) is 15.9 Å². The first-order valence-corrected chi connectivity index (χ1v) is 8.46. The summed E-state index contributed by atoms with van der Waals surface area (Å²) in [5, 5.41) is 3.40. The Morgan fingerprint density at radius 1 is 1.00 bits per heavy atom. The zero-order valence-electron chi connectivity index (χ0n) is 14.4. The molecule has 0 bridgehead atoms. The van der Waals surface area contributed by atoms with Crippen molar-refractivity contribution in [1.82, 2.24) is 19.9 Å². The van der Waals surface area contributed by atoms with Crippen molar-refractivity contribution >= 4 is 16.8 Å². The highest BCUT2D eigenvalue weighted by atomic mass is 16.1. The monoisotopic (exact) mass is 356 g/mol. The standard InChI is InChI=1S/C21H16N4O2/c26-20(23-13-15-4-3-11-22-12-15)16-7-9-17(10-8-16)25-14-24-19-6-2-1-5-18(19)21(25)27/h1-12,14H,13H2,(H,23,26). The average Bonchev–Trinajstić information content (AvgIpc) is 2.73. The normalized spacial score (nSPS) is 10.7. The van der Waals surface area contributed by atoms with Crippen molar-refractivity contribution < 1.29 is 4.79 Å². The summed E-state index contributed by atoms with van der Waals surface area (Å²) in [4.78, 5) is 33.3. The van der Waals surface area contributed by atoms with E-state index < -0.39 is 0 Å². The number of fused-ring (bicyclic) bond motifs is 1. The Balaban J connectivity index is 1.55. The number of para-hydroxylation sites is 1. The Labute approximate surface area is 155 Å². The van der Waals surface area contributed by atoms with Crippen molar-refractivity contribution in [2.24, 2.45) is 0 Å². The molecular formula is C21H16N4O2. The minimum Gasteiger partial charge on any atom is -0.348 e. The first-order chi connectivity index (χ1) is 13.2. The lowest BCUT2D eigenvalue weighted by Gasteiger charge is -2.08. The van der Waals surface area contributed by atoms with Gasteiger partial charge in [0.2, 0.25) is 0 Å². The van der Waals surface area contributed by atoms with Crippen LogP contribution in [0.5, 0.6) is 0 Å². The van der Waals surface area contributed by atoms with E-state index in [1.807, 2.05) is 24.3 Å². The van der Waals surface area contributed by atoms with Crippen LogP contribution in [0.15, 0.2) is 84.2 Å². The Hall–Kier alpha value is -3.80. The zero-order valence-corrected chi connectivity index (χ0v) is 14.4. The number of carbonyl (C=O) groups excluding carboxylic acids is 1. The van der Waals surface area contributed by atoms with E-state index in [0.29, 0.717) is 28.7 Å². The van der Waals surface area contributed by atoms with E-state index in [1.54, 1.807) is 48.8 Å². The number of amides is 1. The summed E-state index contributed by atoms with van der Waals surface area (Å²) < 4.78 is 1.47. The van der Waals surface area contributed by atoms with Crippen LogP contribution >= 0.6 is 0 Å². The van der Waals surface area contributed by atoms with Crippen molar-refractivity contribution in [3.8, 4) is 5.69 Å². The lowest BCUT2D eigenvalue weighted by Crippen LogP contribution is -2.23. The van der Waals surface area contributed by atoms with Gasteiger partial charge >= 0.3 is 0 Å². The van der Waals surface area contributed by atoms with Crippen molar-refractivity contribution in [2.75, 3.05) is 0 Å². The van der Waals surface area contributed by atoms with Crippen LogP contribution in [0.3, 0.4) is 0 Å². The van der Waals surface area contributed by atoms with Gasteiger partial charge in [0.25, 0.3) is 11.5 Å². The fourth-order valence-corrected chi connectivity index (χ4v) is 2.81. The Bertz CT molecular complexity index is 1150.